The van der Waals surface area contributed by atoms with E-state index < -0.39 is 0 Å². The van der Waals surface area contributed by atoms with E-state index in [0.717, 1.165) is 18.2 Å². The van der Waals surface area contributed by atoms with Crippen molar-refractivity contribution >= 4 is 16.9 Å². The van der Waals surface area contributed by atoms with Crippen molar-refractivity contribution in [3.05, 3.63) is 30.3 Å². The first-order chi connectivity index (χ1) is 9.29. The van der Waals surface area contributed by atoms with Gasteiger partial charge in [0.25, 0.3) is 5.91 Å². The molecule has 98 valence electrons. The number of hydrogen-bond acceptors (Lipinski definition) is 4. The van der Waals surface area contributed by atoms with Crippen LogP contribution in [-0.4, -0.2) is 29.0 Å². The predicted octanol–water partition coefficient (Wildman–Crippen LogP) is 1.45. The van der Waals surface area contributed by atoms with E-state index in [1.165, 1.54) is 6.42 Å². The topological polar surface area (TPSA) is 67.2 Å². The van der Waals surface area contributed by atoms with Crippen molar-refractivity contribution in [2.75, 3.05) is 0 Å². The molecular weight excluding hydrogens is 241 g/mol. The highest BCUT2D eigenvalue weighted by Crippen LogP contribution is 2.28. The lowest BCUT2D eigenvalue weighted by atomic mass is 9.87. The molecule has 2 aliphatic rings. The number of rotatable bonds is 2. The van der Waals surface area contributed by atoms with Crippen LogP contribution in [0.5, 0.6) is 0 Å². The molecule has 1 amide bonds. The van der Waals surface area contributed by atoms with Crippen LogP contribution in [0.3, 0.4) is 0 Å². The van der Waals surface area contributed by atoms with Gasteiger partial charge in [0, 0.05) is 23.5 Å². The number of hydrogen-bond donors (Lipinski definition) is 2. The minimum atomic E-state index is -0.0950. The monoisotopic (exact) mass is 256 g/mol. The van der Waals surface area contributed by atoms with Gasteiger partial charge in [-0.15, -0.1) is 0 Å². The molecule has 2 unspecified atom stereocenters. The first-order valence-corrected chi connectivity index (χ1v) is 6.70. The van der Waals surface area contributed by atoms with E-state index in [0.29, 0.717) is 23.4 Å². The predicted molar refractivity (Wildman–Crippen MR) is 69.8 cm³/mol. The summed E-state index contributed by atoms with van der Waals surface area (Å²) in [6.45, 7) is 0. The Bertz CT molecular complexity index is 636. The molecule has 0 aliphatic carbocycles. The highest BCUT2D eigenvalue weighted by Gasteiger charge is 2.39. The van der Waals surface area contributed by atoms with E-state index in [1.807, 2.05) is 6.07 Å². The first kappa shape index (κ1) is 11.0. The number of nitrogens with zero attached hydrogens (tertiary/aromatic N) is 1. The molecule has 5 heteroatoms. The fourth-order valence-electron chi connectivity index (χ4n) is 3.22. The molecule has 2 aliphatic heterocycles. The number of aromatic nitrogens is 1. The smallest absolute Gasteiger partial charge is 0.270 e. The molecule has 0 saturated carbocycles. The van der Waals surface area contributed by atoms with Crippen LogP contribution in [0.4, 0.5) is 0 Å². The SMILES string of the molecule is O=[11C](N[C@@H]1CC2CCC1N2)c1cc2ccoc2cn1. The molecule has 4 heterocycles. The zero-order chi connectivity index (χ0) is 12.8. The summed E-state index contributed by atoms with van der Waals surface area (Å²) in [5, 5.41) is 7.51. The van der Waals surface area contributed by atoms with Gasteiger partial charge in [-0.1, -0.05) is 0 Å². The van der Waals surface area contributed by atoms with Gasteiger partial charge in [0.1, 0.15) is 5.69 Å². The van der Waals surface area contributed by atoms with Crippen LogP contribution in [0.1, 0.15) is 29.8 Å². The fourth-order valence-corrected chi connectivity index (χ4v) is 3.22. The Labute approximate surface area is 110 Å². The van der Waals surface area contributed by atoms with Gasteiger partial charge in [0.2, 0.25) is 0 Å². The van der Waals surface area contributed by atoms with Crippen molar-refractivity contribution < 1.29 is 9.21 Å². The summed E-state index contributed by atoms with van der Waals surface area (Å²) < 4.78 is 5.22. The summed E-state index contributed by atoms with van der Waals surface area (Å²) in [7, 11) is 0. The van der Waals surface area contributed by atoms with Crippen molar-refractivity contribution in [1.82, 2.24) is 15.6 Å². The summed E-state index contributed by atoms with van der Waals surface area (Å²) >= 11 is 0. The second-order valence-electron chi connectivity index (χ2n) is 5.39. The first-order valence-electron chi connectivity index (χ1n) is 6.70. The second-order valence-corrected chi connectivity index (χ2v) is 5.39. The van der Waals surface area contributed by atoms with Gasteiger partial charge in [0.05, 0.1) is 12.5 Å². The Morgan fingerprint density at radius 3 is 3.21 bits per heavy atom. The summed E-state index contributed by atoms with van der Waals surface area (Å²) in [6, 6.07) is 4.88. The molecule has 3 atom stereocenters. The summed E-state index contributed by atoms with van der Waals surface area (Å²) in [5.74, 6) is -0.0950. The van der Waals surface area contributed by atoms with Gasteiger partial charge in [-0.2, -0.15) is 0 Å². The van der Waals surface area contributed by atoms with Crippen LogP contribution in [0, 0.1) is 0 Å². The van der Waals surface area contributed by atoms with Crippen molar-refractivity contribution in [2.45, 2.75) is 37.4 Å². The minimum absolute atomic E-state index is 0.0950. The van der Waals surface area contributed by atoms with E-state index in [-0.39, 0.29) is 11.9 Å². The molecule has 0 aromatic carbocycles. The van der Waals surface area contributed by atoms with Gasteiger partial charge in [-0.3, -0.25) is 4.79 Å². The van der Waals surface area contributed by atoms with Crippen molar-refractivity contribution in [2.24, 2.45) is 0 Å². The molecule has 4 rings (SSSR count). The van der Waals surface area contributed by atoms with Gasteiger partial charge in [-0.05, 0) is 31.4 Å². The van der Waals surface area contributed by atoms with Crippen LogP contribution >= 0.6 is 0 Å². The number of nitrogens with one attached hydrogen (secondary N) is 2. The van der Waals surface area contributed by atoms with E-state index in [9.17, 15) is 4.79 Å². The van der Waals surface area contributed by atoms with E-state index in [1.54, 1.807) is 18.5 Å². The highest BCUT2D eigenvalue weighted by molar-refractivity contribution is 5.95. The van der Waals surface area contributed by atoms with Crippen molar-refractivity contribution in [3.8, 4) is 0 Å². The lowest BCUT2D eigenvalue weighted by Crippen LogP contribution is -2.43. The molecule has 2 saturated heterocycles. The van der Waals surface area contributed by atoms with Gasteiger partial charge in [-0.25, -0.2) is 4.98 Å². The molecule has 2 aromatic heterocycles. The van der Waals surface area contributed by atoms with Crippen LogP contribution < -0.4 is 10.6 Å². The molecular formula is C14H15N3O2. The summed E-state index contributed by atoms with van der Waals surface area (Å²) in [4.78, 5) is 16.4. The number of furan rings is 1. The Hall–Kier alpha value is -1.88. The van der Waals surface area contributed by atoms with Crippen LogP contribution in [0.2, 0.25) is 0 Å². The molecule has 5 nitrogen and oxygen atoms in total. The lowest BCUT2D eigenvalue weighted by molar-refractivity contribution is 0.0926. The molecule has 2 N–H and O–H groups in total. The number of amides is 1. The Kier molecular flexibility index (Phi) is 2.35. The Morgan fingerprint density at radius 2 is 2.42 bits per heavy atom. The second kappa shape index (κ2) is 4.06. The third-order valence-electron chi connectivity index (χ3n) is 4.19. The zero-order valence-electron chi connectivity index (χ0n) is 10.4. The molecule has 0 radical (unpaired) electrons. The van der Waals surface area contributed by atoms with Crippen LogP contribution in [0.25, 0.3) is 11.0 Å². The molecule has 2 aromatic rings. The normalized spacial score (nSPS) is 28.9. The molecule has 2 fully saturated rings. The Morgan fingerprint density at radius 1 is 1.47 bits per heavy atom. The quantitative estimate of drug-likeness (QED) is 0.853. The van der Waals surface area contributed by atoms with Gasteiger partial charge in [0.15, 0.2) is 5.58 Å². The van der Waals surface area contributed by atoms with Crippen LogP contribution in [0.15, 0.2) is 29.0 Å². The average Bonchev–Trinajstić information content (AvgIpc) is 3.13. The van der Waals surface area contributed by atoms with Gasteiger partial charge < -0.3 is 15.1 Å². The number of carbonyl (C=O) groups excluding carboxylic acids is 1. The Balaban J connectivity index is 1.53. The van der Waals surface area contributed by atoms with E-state index in [4.69, 9.17) is 4.42 Å². The maximum absolute atomic E-state index is 12.2. The number of carbonyl (C=O) groups is 1. The molecule has 0 spiro atoms. The zero-order valence-corrected chi connectivity index (χ0v) is 10.4. The largest absolute Gasteiger partial charge is 0.463 e. The standard InChI is InChI=1S/C14H15N3O2/c18-14(17-11-6-9-1-2-10(11)16-9)12-5-8-3-4-19-13(8)7-15-12/h3-5,7,9-11,16H,1-2,6H2,(H,17,18)/t9?,10?,11-/m1/s1/i14-1. The van der Waals surface area contributed by atoms with Crippen LogP contribution in [-0.2, 0) is 0 Å². The highest BCUT2D eigenvalue weighted by atomic mass is 16.3. The number of pyridine rings is 1. The lowest BCUT2D eigenvalue weighted by Gasteiger charge is -2.21. The number of fused-ring (bicyclic) bond motifs is 3. The van der Waals surface area contributed by atoms with Crippen molar-refractivity contribution in [1.29, 1.82) is 0 Å². The van der Waals surface area contributed by atoms with Gasteiger partial charge >= 0.3 is 0 Å². The average molecular weight is 256 g/mol. The van der Waals surface area contributed by atoms with E-state index in [2.05, 4.69) is 15.6 Å². The maximum atomic E-state index is 12.2. The summed E-state index contributed by atoms with van der Waals surface area (Å²) in [6.07, 6.45) is 6.63. The van der Waals surface area contributed by atoms with Crippen molar-refractivity contribution in [3.63, 3.8) is 0 Å². The minimum Gasteiger partial charge on any atom is -0.463 e. The van der Waals surface area contributed by atoms with E-state index >= 15 is 0 Å². The summed E-state index contributed by atoms with van der Waals surface area (Å²) in [5.41, 5.74) is 1.16. The third-order valence-corrected chi connectivity index (χ3v) is 4.19. The fraction of sp³-hybridized carbons (Fsp3) is 0.429. The molecule has 2 bridgehead atoms. The molecule has 19 heavy (non-hydrogen) atoms. The maximum Gasteiger partial charge on any atom is 0.270 e. The third kappa shape index (κ3) is 1.81.